The molecule has 3 aliphatic rings. The number of fused-ring (bicyclic) bond motifs is 13. The van der Waals surface area contributed by atoms with E-state index in [1.54, 1.807) is 19.2 Å². The molecule has 3 aliphatic heterocycles. The van der Waals surface area contributed by atoms with Crippen molar-refractivity contribution in [1.29, 1.82) is 0 Å². The Morgan fingerprint density at radius 3 is 2.13 bits per heavy atom. The van der Waals surface area contributed by atoms with Gasteiger partial charge in [0, 0.05) is 36.5 Å². The number of carbonyl (C=O) groups is 2. The molecule has 0 radical (unpaired) electrons. The lowest BCUT2D eigenvalue weighted by Crippen LogP contribution is -2.54. The lowest BCUT2D eigenvalue weighted by Gasteiger charge is -2.45. The molecule has 4 heterocycles. The second kappa shape index (κ2) is 19.3. The monoisotopic (exact) mass is 812 g/mol. The fraction of sp³-hybridized carbons (Fsp3) is 0.392. The second-order valence-corrected chi connectivity index (χ2v) is 16.7. The number of methoxy groups -OCH3 is 1. The summed E-state index contributed by atoms with van der Waals surface area (Å²) in [5.74, 6) is -0.709. The van der Waals surface area contributed by atoms with E-state index in [1.165, 1.54) is 5.56 Å². The molecule has 0 spiro atoms. The fourth-order valence-corrected chi connectivity index (χ4v) is 8.84. The number of ether oxygens (including phenoxy) is 4. The zero-order chi connectivity index (χ0) is 42.2. The summed E-state index contributed by atoms with van der Waals surface area (Å²) in [6.45, 7) is 5.51. The smallest absolute Gasteiger partial charge is 0.339 e. The van der Waals surface area contributed by atoms with Gasteiger partial charge in [-0.2, -0.15) is 0 Å². The molecule has 0 aliphatic carbocycles. The van der Waals surface area contributed by atoms with Gasteiger partial charge in [-0.05, 0) is 118 Å². The van der Waals surface area contributed by atoms with Gasteiger partial charge in [0.15, 0.2) is 12.2 Å². The molecule has 9 heteroatoms. The summed E-state index contributed by atoms with van der Waals surface area (Å²) in [5.41, 5.74) is 5.20. The SMILES string of the molecule is COCCc1c(CO)c2ccc3c(c2oc1=O)C1OC(=O)CC(CCc2ccccc2)Cc2ccc(cc2)CCC(=C(C)C)C(=O)OC1C(C)(CCCc1ccccc1)O3. The first-order chi connectivity index (χ1) is 29.1. The van der Waals surface area contributed by atoms with Crippen LogP contribution in [0.25, 0.3) is 11.0 Å². The van der Waals surface area contributed by atoms with Crippen molar-refractivity contribution in [3.05, 3.63) is 158 Å². The maximum atomic E-state index is 14.6. The van der Waals surface area contributed by atoms with Crippen LogP contribution < -0.4 is 10.4 Å². The number of aliphatic hydroxyl groups excluding tert-OH is 1. The molecule has 4 aromatic carbocycles. The maximum Gasteiger partial charge on any atom is 0.339 e. The van der Waals surface area contributed by atoms with Crippen molar-refractivity contribution < 1.29 is 38.1 Å². The van der Waals surface area contributed by atoms with Crippen molar-refractivity contribution in [2.24, 2.45) is 5.92 Å². The Morgan fingerprint density at radius 2 is 1.47 bits per heavy atom. The number of allylic oxidation sites excluding steroid dienone is 1. The lowest BCUT2D eigenvalue weighted by atomic mass is 9.81. The van der Waals surface area contributed by atoms with Crippen LogP contribution in [0.15, 0.2) is 117 Å². The number of esters is 2. The predicted octanol–water partition coefficient (Wildman–Crippen LogP) is 9.31. The van der Waals surface area contributed by atoms with Crippen molar-refractivity contribution in [1.82, 2.24) is 0 Å². The van der Waals surface area contributed by atoms with Gasteiger partial charge in [0.05, 0.1) is 18.8 Å². The summed E-state index contributed by atoms with van der Waals surface area (Å²) in [7, 11) is 1.54. The Bertz CT molecular complexity index is 2360. The Labute approximate surface area is 352 Å². The Hall–Kier alpha value is -5.51. The third-order valence-corrected chi connectivity index (χ3v) is 12.2. The summed E-state index contributed by atoms with van der Waals surface area (Å²) < 4.78 is 31.6. The number of carbonyl (C=O) groups excluding carboxylic acids is 2. The molecular weight excluding hydrogens is 757 g/mol. The molecule has 4 unspecified atom stereocenters. The van der Waals surface area contributed by atoms with Crippen LogP contribution >= 0.6 is 0 Å². The third-order valence-electron chi connectivity index (χ3n) is 12.2. The highest BCUT2D eigenvalue weighted by molar-refractivity contribution is 5.90. The van der Waals surface area contributed by atoms with Gasteiger partial charge >= 0.3 is 17.6 Å². The second-order valence-electron chi connectivity index (χ2n) is 16.7. The normalized spacial score (nSPS) is 20.8. The largest absolute Gasteiger partial charge is 0.483 e. The van der Waals surface area contributed by atoms with Gasteiger partial charge in [0.2, 0.25) is 0 Å². The number of hydrogen-bond acceptors (Lipinski definition) is 9. The quantitative estimate of drug-likeness (QED) is 0.0790. The summed E-state index contributed by atoms with van der Waals surface area (Å²) in [5, 5.41) is 11.2. The Balaban J connectivity index is 1.36. The van der Waals surface area contributed by atoms with Crippen molar-refractivity contribution >= 4 is 22.9 Å². The van der Waals surface area contributed by atoms with E-state index >= 15 is 0 Å². The summed E-state index contributed by atoms with van der Waals surface area (Å²) >= 11 is 0. The molecule has 0 fully saturated rings. The van der Waals surface area contributed by atoms with Crippen LogP contribution in [-0.4, -0.2) is 42.5 Å². The standard InChI is InChI=1S/C51H56O9/c1-33(2)39-24-23-36-17-20-37(21-18-36)30-38(22-19-35-14-9-6-10-15-35)31-44(53)57-47-45-43(26-25-40-42(32-52)41(27-29-56-4)50(55)58-46(40)45)60-51(3,48(47)59-49(39)54)28-11-16-34-12-7-5-8-13-34/h5-10,12-15,17-18,20-21,25-26,38,47-48,52H,11,16,19,22-24,27-32H2,1-4H3. The first kappa shape index (κ1) is 42.6. The van der Waals surface area contributed by atoms with Gasteiger partial charge in [-0.15, -0.1) is 0 Å². The zero-order valence-corrected chi connectivity index (χ0v) is 35.2. The van der Waals surface area contributed by atoms with Gasteiger partial charge in [0.1, 0.15) is 16.9 Å². The van der Waals surface area contributed by atoms with Crippen molar-refractivity contribution in [3.8, 4) is 5.75 Å². The number of aliphatic hydroxyl groups is 1. The Kier molecular flexibility index (Phi) is 13.7. The average molecular weight is 813 g/mol. The van der Waals surface area contributed by atoms with E-state index < -0.39 is 42.0 Å². The lowest BCUT2D eigenvalue weighted by molar-refractivity contribution is -0.192. The fourth-order valence-electron chi connectivity index (χ4n) is 8.84. The van der Waals surface area contributed by atoms with Crippen LogP contribution in [0, 0.1) is 5.92 Å². The van der Waals surface area contributed by atoms with Crippen LogP contribution in [0.4, 0.5) is 0 Å². The molecule has 60 heavy (non-hydrogen) atoms. The maximum absolute atomic E-state index is 14.6. The van der Waals surface area contributed by atoms with Crippen LogP contribution in [0.5, 0.6) is 5.75 Å². The van der Waals surface area contributed by atoms with E-state index in [4.69, 9.17) is 23.4 Å². The summed E-state index contributed by atoms with van der Waals surface area (Å²) in [6.07, 6.45) is 3.13. The summed E-state index contributed by atoms with van der Waals surface area (Å²) in [4.78, 5) is 42.9. The van der Waals surface area contributed by atoms with Crippen LogP contribution in [0.3, 0.4) is 0 Å². The molecule has 314 valence electrons. The van der Waals surface area contributed by atoms with E-state index in [1.807, 2.05) is 57.2 Å². The zero-order valence-electron chi connectivity index (χ0n) is 35.2. The van der Waals surface area contributed by atoms with Crippen LogP contribution in [-0.2, 0) is 62.5 Å². The predicted molar refractivity (Wildman–Crippen MR) is 231 cm³/mol. The molecule has 9 nitrogen and oxygen atoms in total. The topological polar surface area (TPSA) is 122 Å². The molecule has 2 bridgehead atoms. The van der Waals surface area contributed by atoms with Gasteiger partial charge < -0.3 is 28.5 Å². The van der Waals surface area contributed by atoms with Gasteiger partial charge in [-0.25, -0.2) is 9.59 Å². The highest BCUT2D eigenvalue weighted by Gasteiger charge is 2.53. The minimum atomic E-state index is -1.21. The molecule has 0 amide bonds. The number of aryl methyl sites for hydroxylation is 3. The average Bonchev–Trinajstić information content (AvgIpc) is 3.24. The third kappa shape index (κ3) is 9.75. The molecule has 0 saturated carbocycles. The first-order valence-electron chi connectivity index (χ1n) is 21.2. The van der Waals surface area contributed by atoms with Crippen LogP contribution in [0.1, 0.15) is 97.9 Å². The molecule has 0 saturated heterocycles. The van der Waals surface area contributed by atoms with Crippen molar-refractivity contribution in [2.75, 3.05) is 13.7 Å². The summed E-state index contributed by atoms with van der Waals surface area (Å²) in [6, 6.07) is 32.3. The Morgan fingerprint density at radius 1 is 0.783 bits per heavy atom. The molecule has 1 N–H and O–H groups in total. The van der Waals surface area contributed by atoms with E-state index in [0.717, 1.165) is 41.5 Å². The molecule has 4 atom stereocenters. The van der Waals surface area contributed by atoms with Gasteiger partial charge in [0.25, 0.3) is 0 Å². The molecular formula is C51H56O9. The van der Waals surface area contributed by atoms with Gasteiger partial charge in [-0.1, -0.05) is 90.5 Å². The molecule has 5 aromatic rings. The van der Waals surface area contributed by atoms with E-state index in [0.29, 0.717) is 65.5 Å². The van der Waals surface area contributed by atoms with Crippen molar-refractivity contribution in [3.63, 3.8) is 0 Å². The molecule has 8 rings (SSSR count). The van der Waals surface area contributed by atoms with E-state index in [-0.39, 0.29) is 30.9 Å². The molecule has 1 aromatic heterocycles. The highest BCUT2D eigenvalue weighted by Crippen LogP contribution is 2.49. The highest BCUT2D eigenvalue weighted by atomic mass is 16.6. The number of hydrogen-bond donors (Lipinski definition) is 1. The van der Waals surface area contributed by atoms with Crippen molar-refractivity contribution in [2.45, 2.75) is 109 Å². The first-order valence-corrected chi connectivity index (χ1v) is 21.2. The minimum absolute atomic E-state index is 0.0684. The number of benzene rings is 4. The van der Waals surface area contributed by atoms with Gasteiger partial charge in [-0.3, -0.25) is 4.79 Å². The van der Waals surface area contributed by atoms with Crippen LogP contribution in [0.2, 0.25) is 0 Å². The van der Waals surface area contributed by atoms with E-state index in [2.05, 4.69) is 48.5 Å². The number of rotatable bonds is 11. The minimum Gasteiger partial charge on any atom is -0.483 e. The van der Waals surface area contributed by atoms with E-state index in [9.17, 15) is 19.5 Å².